The third kappa shape index (κ3) is 3.13. The van der Waals surface area contributed by atoms with E-state index in [9.17, 15) is 4.79 Å². The van der Waals surface area contributed by atoms with Gasteiger partial charge in [0.2, 0.25) is 0 Å². The van der Waals surface area contributed by atoms with Crippen LogP contribution in [0.4, 0.5) is 0 Å². The molecule has 0 saturated heterocycles. The van der Waals surface area contributed by atoms with Gasteiger partial charge < -0.3 is 19.5 Å². The van der Waals surface area contributed by atoms with Gasteiger partial charge in [0.15, 0.2) is 11.5 Å². The minimum Gasteiger partial charge on any atom is -0.493 e. The molecular formula is C13H19NO4. The summed E-state index contributed by atoms with van der Waals surface area (Å²) in [5.74, 6) is 0.800. The second-order valence-corrected chi connectivity index (χ2v) is 3.72. The van der Waals surface area contributed by atoms with Crippen molar-refractivity contribution in [3.05, 3.63) is 23.3 Å². The number of likely N-dealkylation sites (N-methyl/N-ethyl adjacent to an activating group) is 1. The SMILES string of the molecule is CNCCc1cc(C(=O)OC)cc(OC)c1OC. The van der Waals surface area contributed by atoms with Gasteiger partial charge in [-0.1, -0.05) is 0 Å². The molecule has 0 radical (unpaired) electrons. The summed E-state index contributed by atoms with van der Waals surface area (Å²) in [5, 5.41) is 3.06. The molecule has 0 heterocycles. The molecule has 1 aromatic carbocycles. The van der Waals surface area contributed by atoms with E-state index in [1.54, 1.807) is 26.4 Å². The smallest absolute Gasteiger partial charge is 0.337 e. The first-order chi connectivity index (χ1) is 8.67. The summed E-state index contributed by atoms with van der Waals surface area (Å²) < 4.78 is 15.3. The summed E-state index contributed by atoms with van der Waals surface area (Å²) in [6.45, 7) is 0.782. The van der Waals surface area contributed by atoms with Crippen molar-refractivity contribution in [2.24, 2.45) is 0 Å². The second kappa shape index (κ2) is 6.86. The van der Waals surface area contributed by atoms with Crippen LogP contribution in [0.3, 0.4) is 0 Å². The number of hydrogen-bond acceptors (Lipinski definition) is 5. The van der Waals surface area contributed by atoms with Crippen LogP contribution in [0, 0.1) is 0 Å². The maximum absolute atomic E-state index is 11.6. The molecule has 1 rings (SSSR count). The van der Waals surface area contributed by atoms with Crippen LogP contribution in [0.5, 0.6) is 11.5 Å². The van der Waals surface area contributed by atoms with Crippen molar-refractivity contribution < 1.29 is 19.0 Å². The number of methoxy groups -OCH3 is 3. The summed E-state index contributed by atoms with van der Waals surface area (Å²) in [4.78, 5) is 11.6. The Morgan fingerprint density at radius 2 is 1.94 bits per heavy atom. The lowest BCUT2D eigenvalue weighted by Crippen LogP contribution is -2.12. The fourth-order valence-corrected chi connectivity index (χ4v) is 1.72. The number of nitrogens with one attached hydrogen (secondary N) is 1. The first-order valence-electron chi connectivity index (χ1n) is 5.65. The highest BCUT2D eigenvalue weighted by Crippen LogP contribution is 2.33. The lowest BCUT2D eigenvalue weighted by atomic mass is 10.1. The molecule has 0 aliphatic rings. The number of carbonyl (C=O) groups excluding carboxylic acids is 1. The minimum absolute atomic E-state index is 0.387. The van der Waals surface area contributed by atoms with Crippen molar-refractivity contribution in [3.63, 3.8) is 0 Å². The normalized spacial score (nSPS) is 10.0. The molecule has 0 bridgehead atoms. The van der Waals surface area contributed by atoms with Crippen molar-refractivity contribution >= 4 is 5.97 Å². The van der Waals surface area contributed by atoms with Crippen LogP contribution >= 0.6 is 0 Å². The second-order valence-electron chi connectivity index (χ2n) is 3.72. The molecule has 1 N–H and O–H groups in total. The highest BCUT2D eigenvalue weighted by Gasteiger charge is 2.16. The van der Waals surface area contributed by atoms with Crippen LogP contribution in [-0.4, -0.2) is 40.9 Å². The van der Waals surface area contributed by atoms with E-state index in [4.69, 9.17) is 14.2 Å². The molecule has 1 aromatic rings. The van der Waals surface area contributed by atoms with Crippen molar-refractivity contribution in [1.29, 1.82) is 0 Å². The number of hydrogen-bond donors (Lipinski definition) is 1. The maximum Gasteiger partial charge on any atom is 0.337 e. The van der Waals surface area contributed by atoms with Crippen molar-refractivity contribution in [3.8, 4) is 11.5 Å². The Labute approximate surface area is 107 Å². The summed E-state index contributed by atoms with van der Waals surface area (Å²) in [6, 6.07) is 3.39. The first kappa shape index (κ1) is 14.3. The van der Waals surface area contributed by atoms with E-state index in [1.807, 2.05) is 7.05 Å². The van der Waals surface area contributed by atoms with E-state index in [2.05, 4.69) is 5.32 Å². The van der Waals surface area contributed by atoms with Gasteiger partial charge in [-0.2, -0.15) is 0 Å². The number of carbonyl (C=O) groups is 1. The summed E-state index contributed by atoms with van der Waals surface area (Å²) in [6.07, 6.45) is 0.737. The molecule has 0 aromatic heterocycles. The van der Waals surface area contributed by atoms with Crippen LogP contribution < -0.4 is 14.8 Å². The quantitative estimate of drug-likeness (QED) is 0.773. The van der Waals surface area contributed by atoms with Gasteiger partial charge in [0.05, 0.1) is 26.9 Å². The van der Waals surface area contributed by atoms with E-state index < -0.39 is 0 Å². The van der Waals surface area contributed by atoms with E-state index in [-0.39, 0.29) is 5.97 Å². The molecule has 0 aliphatic heterocycles. The molecule has 0 atom stereocenters. The number of rotatable bonds is 6. The summed E-state index contributed by atoms with van der Waals surface area (Å²) in [5.41, 5.74) is 1.37. The summed E-state index contributed by atoms with van der Waals surface area (Å²) in [7, 11) is 6.35. The predicted octanol–water partition coefficient (Wildman–Crippen LogP) is 1.25. The molecule has 0 spiro atoms. The molecule has 0 saturated carbocycles. The van der Waals surface area contributed by atoms with Crippen molar-refractivity contribution in [1.82, 2.24) is 5.32 Å². The van der Waals surface area contributed by atoms with E-state index in [0.29, 0.717) is 17.1 Å². The van der Waals surface area contributed by atoms with Crippen LogP contribution in [0.25, 0.3) is 0 Å². The Kier molecular flexibility index (Phi) is 5.45. The van der Waals surface area contributed by atoms with Gasteiger partial charge in [-0.25, -0.2) is 4.79 Å². The van der Waals surface area contributed by atoms with Gasteiger partial charge in [-0.3, -0.25) is 0 Å². The van der Waals surface area contributed by atoms with Gasteiger partial charge in [0, 0.05) is 5.56 Å². The molecule has 5 heteroatoms. The lowest BCUT2D eigenvalue weighted by molar-refractivity contribution is 0.0600. The van der Waals surface area contributed by atoms with E-state index in [0.717, 1.165) is 18.5 Å². The van der Waals surface area contributed by atoms with Gasteiger partial charge >= 0.3 is 5.97 Å². The van der Waals surface area contributed by atoms with Crippen LogP contribution in [0.15, 0.2) is 12.1 Å². The monoisotopic (exact) mass is 253 g/mol. The molecule has 0 unspecified atom stereocenters. The minimum atomic E-state index is -0.387. The highest BCUT2D eigenvalue weighted by atomic mass is 16.5. The molecule has 0 aliphatic carbocycles. The average molecular weight is 253 g/mol. The van der Waals surface area contributed by atoms with Gasteiger partial charge in [-0.05, 0) is 32.1 Å². The Hall–Kier alpha value is -1.75. The Morgan fingerprint density at radius 3 is 2.44 bits per heavy atom. The molecule has 100 valence electrons. The zero-order chi connectivity index (χ0) is 13.5. The topological polar surface area (TPSA) is 56.8 Å². The lowest BCUT2D eigenvalue weighted by Gasteiger charge is -2.14. The molecule has 0 amide bonds. The highest BCUT2D eigenvalue weighted by molar-refractivity contribution is 5.90. The Balaban J connectivity index is 3.21. The van der Waals surface area contributed by atoms with Crippen LogP contribution in [-0.2, 0) is 11.2 Å². The number of ether oxygens (including phenoxy) is 3. The summed E-state index contributed by atoms with van der Waals surface area (Å²) >= 11 is 0. The van der Waals surface area contributed by atoms with Gasteiger partial charge in [-0.15, -0.1) is 0 Å². The fraction of sp³-hybridized carbons (Fsp3) is 0.462. The van der Waals surface area contributed by atoms with Crippen molar-refractivity contribution in [2.45, 2.75) is 6.42 Å². The fourth-order valence-electron chi connectivity index (χ4n) is 1.72. The van der Waals surface area contributed by atoms with Gasteiger partial charge in [0.25, 0.3) is 0 Å². The predicted molar refractivity (Wildman–Crippen MR) is 68.5 cm³/mol. The van der Waals surface area contributed by atoms with E-state index >= 15 is 0 Å². The van der Waals surface area contributed by atoms with Crippen LogP contribution in [0.1, 0.15) is 15.9 Å². The molecule has 0 fully saturated rings. The largest absolute Gasteiger partial charge is 0.493 e. The van der Waals surface area contributed by atoms with E-state index in [1.165, 1.54) is 7.11 Å². The third-order valence-corrected chi connectivity index (χ3v) is 2.62. The zero-order valence-electron chi connectivity index (χ0n) is 11.2. The first-order valence-corrected chi connectivity index (χ1v) is 5.65. The third-order valence-electron chi connectivity index (χ3n) is 2.62. The van der Waals surface area contributed by atoms with Gasteiger partial charge in [0.1, 0.15) is 0 Å². The number of benzene rings is 1. The van der Waals surface area contributed by atoms with Crippen molar-refractivity contribution in [2.75, 3.05) is 34.9 Å². The standard InChI is InChI=1S/C13H19NO4/c1-14-6-5-9-7-10(13(15)18-4)8-11(16-2)12(9)17-3/h7-8,14H,5-6H2,1-4H3. The molecule has 5 nitrogen and oxygen atoms in total. The molecule has 18 heavy (non-hydrogen) atoms. The Morgan fingerprint density at radius 1 is 1.22 bits per heavy atom. The average Bonchev–Trinajstić information content (AvgIpc) is 2.42. The molecular weight excluding hydrogens is 234 g/mol. The van der Waals surface area contributed by atoms with Crippen LogP contribution in [0.2, 0.25) is 0 Å². The maximum atomic E-state index is 11.6. The zero-order valence-corrected chi connectivity index (χ0v) is 11.2. The number of esters is 1. The Bertz CT molecular complexity index is 418.